The summed E-state index contributed by atoms with van der Waals surface area (Å²) < 4.78 is 30.5. The van der Waals surface area contributed by atoms with Gasteiger partial charge >= 0.3 is 11.9 Å². The summed E-state index contributed by atoms with van der Waals surface area (Å²) in [6.07, 6.45) is -1.25. The standard InChI is InChI=1S/C11H20F2N2O2/c1-10(2,6-14)7-15(3)5-8-4-11(12,13)9(16)17-8/h8H,4-7,14H2,1-3H3. The van der Waals surface area contributed by atoms with Gasteiger partial charge in [-0.25, -0.2) is 4.79 Å². The van der Waals surface area contributed by atoms with Crippen molar-refractivity contribution < 1.29 is 18.3 Å². The SMILES string of the molecule is CN(CC1CC(F)(F)C(=O)O1)CC(C)(C)CN. The first-order chi connectivity index (χ1) is 7.66. The van der Waals surface area contributed by atoms with E-state index in [1.54, 1.807) is 0 Å². The van der Waals surface area contributed by atoms with Gasteiger partial charge in [-0.1, -0.05) is 13.8 Å². The second-order valence-electron chi connectivity index (χ2n) is 5.50. The number of halogens is 2. The minimum Gasteiger partial charge on any atom is -0.456 e. The highest BCUT2D eigenvalue weighted by Gasteiger charge is 2.50. The van der Waals surface area contributed by atoms with E-state index in [2.05, 4.69) is 4.74 Å². The Bertz CT molecular complexity index is 295. The topological polar surface area (TPSA) is 55.6 Å². The first-order valence-electron chi connectivity index (χ1n) is 5.64. The Hall–Kier alpha value is -0.750. The van der Waals surface area contributed by atoms with E-state index in [0.29, 0.717) is 19.6 Å². The summed E-state index contributed by atoms with van der Waals surface area (Å²) in [4.78, 5) is 12.7. The van der Waals surface area contributed by atoms with Gasteiger partial charge in [0.2, 0.25) is 0 Å². The third-order valence-electron chi connectivity index (χ3n) is 2.82. The molecule has 0 aromatic carbocycles. The van der Waals surface area contributed by atoms with Gasteiger partial charge in [0.15, 0.2) is 0 Å². The van der Waals surface area contributed by atoms with Crippen molar-refractivity contribution in [3.05, 3.63) is 0 Å². The number of rotatable bonds is 5. The van der Waals surface area contributed by atoms with Crippen LogP contribution in [0.1, 0.15) is 20.3 Å². The summed E-state index contributed by atoms with van der Waals surface area (Å²) in [7, 11) is 1.81. The number of ether oxygens (including phenoxy) is 1. The number of hydrogen-bond acceptors (Lipinski definition) is 4. The molecule has 1 heterocycles. The molecule has 0 bridgehead atoms. The molecule has 0 aliphatic carbocycles. The van der Waals surface area contributed by atoms with Crippen molar-refractivity contribution in [2.24, 2.45) is 11.1 Å². The van der Waals surface area contributed by atoms with Crippen molar-refractivity contribution in [1.82, 2.24) is 4.90 Å². The van der Waals surface area contributed by atoms with E-state index in [1.165, 1.54) is 0 Å². The Kier molecular flexibility index (Phi) is 4.09. The van der Waals surface area contributed by atoms with Crippen LogP contribution in [0.4, 0.5) is 8.78 Å². The average Bonchev–Trinajstić information content (AvgIpc) is 2.39. The van der Waals surface area contributed by atoms with Crippen molar-refractivity contribution >= 4 is 5.97 Å². The van der Waals surface area contributed by atoms with Crippen molar-refractivity contribution in [3.63, 3.8) is 0 Å². The number of nitrogens with zero attached hydrogens (tertiary/aromatic N) is 1. The summed E-state index contributed by atoms with van der Waals surface area (Å²) in [5, 5.41) is 0. The molecule has 6 heteroatoms. The summed E-state index contributed by atoms with van der Waals surface area (Å²) in [5.74, 6) is -4.73. The van der Waals surface area contributed by atoms with Crippen LogP contribution in [0.2, 0.25) is 0 Å². The minimum absolute atomic E-state index is 0.0835. The monoisotopic (exact) mass is 250 g/mol. The Balaban J connectivity index is 2.44. The molecule has 0 aromatic rings. The molecular formula is C11H20F2N2O2. The van der Waals surface area contributed by atoms with E-state index in [9.17, 15) is 13.6 Å². The molecule has 1 saturated heterocycles. The summed E-state index contributed by atoms with van der Waals surface area (Å²) >= 11 is 0. The summed E-state index contributed by atoms with van der Waals surface area (Å²) in [5.41, 5.74) is 5.51. The maximum Gasteiger partial charge on any atom is 0.377 e. The molecule has 1 fully saturated rings. The Morgan fingerprint density at radius 2 is 2.18 bits per heavy atom. The molecule has 0 saturated carbocycles. The molecule has 1 aliphatic heterocycles. The third-order valence-corrected chi connectivity index (χ3v) is 2.82. The zero-order valence-corrected chi connectivity index (χ0v) is 10.5. The minimum atomic E-state index is -3.32. The Labute approximate surface area is 100 Å². The van der Waals surface area contributed by atoms with E-state index >= 15 is 0 Å². The second kappa shape index (κ2) is 4.86. The molecule has 0 amide bonds. The van der Waals surface area contributed by atoms with E-state index in [1.807, 2.05) is 25.8 Å². The van der Waals surface area contributed by atoms with Crippen LogP contribution in [0, 0.1) is 5.41 Å². The molecule has 0 radical (unpaired) electrons. The van der Waals surface area contributed by atoms with Crippen LogP contribution in [0.5, 0.6) is 0 Å². The van der Waals surface area contributed by atoms with Crippen molar-refractivity contribution in [1.29, 1.82) is 0 Å². The van der Waals surface area contributed by atoms with Gasteiger partial charge in [-0.15, -0.1) is 0 Å². The maximum atomic E-state index is 12.9. The fourth-order valence-electron chi connectivity index (χ4n) is 1.96. The molecule has 100 valence electrons. The van der Waals surface area contributed by atoms with Crippen LogP contribution in [0.3, 0.4) is 0 Å². The zero-order valence-electron chi connectivity index (χ0n) is 10.5. The van der Waals surface area contributed by atoms with Crippen molar-refractivity contribution in [2.45, 2.75) is 32.3 Å². The predicted molar refractivity (Wildman–Crippen MR) is 59.8 cm³/mol. The van der Waals surface area contributed by atoms with E-state index in [0.717, 1.165) is 0 Å². The normalized spacial score (nSPS) is 24.2. The third kappa shape index (κ3) is 3.89. The lowest BCUT2D eigenvalue weighted by Crippen LogP contribution is -2.40. The van der Waals surface area contributed by atoms with Crippen LogP contribution in [-0.4, -0.2) is 49.6 Å². The molecule has 0 spiro atoms. The van der Waals surface area contributed by atoms with Gasteiger partial charge in [0.05, 0.1) is 6.42 Å². The summed E-state index contributed by atoms with van der Waals surface area (Å²) in [6, 6.07) is 0. The molecule has 1 atom stereocenters. The highest BCUT2D eigenvalue weighted by atomic mass is 19.3. The van der Waals surface area contributed by atoms with Crippen LogP contribution in [0.15, 0.2) is 0 Å². The van der Waals surface area contributed by atoms with Gasteiger partial charge in [-0.05, 0) is 19.0 Å². The number of likely N-dealkylation sites (N-methyl/N-ethyl adjacent to an activating group) is 1. The number of carbonyl (C=O) groups excluding carboxylic acids is 1. The first-order valence-corrected chi connectivity index (χ1v) is 5.64. The molecule has 0 aromatic heterocycles. The number of cyclic esters (lactones) is 1. The van der Waals surface area contributed by atoms with Gasteiger partial charge in [0.25, 0.3) is 0 Å². The highest BCUT2D eigenvalue weighted by Crippen LogP contribution is 2.31. The van der Waals surface area contributed by atoms with Crippen molar-refractivity contribution in [3.8, 4) is 0 Å². The van der Waals surface area contributed by atoms with Crippen molar-refractivity contribution in [2.75, 3.05) is 26.7 Å². The number of nitrogens with two attached hydrogens (primary N) is 1. The van der Waals surface area contributed by atoms with Crippen LogP contribution >= 0.6 is 0 Å². The molecule has 4 nitrogen and oxygen atoms in total. The average molecular weight is 250 g/mol. The van der Waals surface area contributed by atoms with Crippen LogP contribution in [0.25, 0.3) is 0 Å². The Morgan fingerprint density at radius 1 is 1.59 bits per heavy atom. The largest absolute Gasteiger partial charge is 0.456 e. The fourth-order valence-corrected chi connectivity index (χ4v) is 1.96. The molecule has 2 N–H and O–H groups in total. The van der Waals surface area contributed by atoms with Crippen LogP contribution in [-0.2, 0) is 9.53 Å². The fraction of sp³-hybridized carbons (Fsp3) is 0.909. The molecule has 1 unspecified atom stereocenters. The summed E-state index contributed by atoms with van der Waals surface area (Å²) in [6.45, 7) is 5.49. The highest BCUT2D eigenvalue weighted by molar-refractivity contribution is 5.79. The smallest absolute Gasteiger partial charge is 0.377 e. The molecule has 1 rings (SSSR count). The lowest BCUT2D eigenvalue weighted by Gasteiger charge is -2.30. The second-order valence-corrected chi connectivity index (χ2v) is 5.50. The van der Waals surface area contributed by atoms with E-state index in [4.69, 9.17) is 5.73 Å². The van der Waals surface area contributed by atoms with E-state index < -0.39 is 24.4 Å². The van der Waals surface area contributed by atoms with Gasteiger partial charge in [-0.3, -0.25) is 0 Å². The number of carbonyl (C=O) groups is 1. The van der Waals surface area contributed by atoms with E-state index in [-0.39, 0.29) is 5.41 Å². The lowest BCUT2D eigenvalue weighted by atomic mass is 9.93. The molecule has 17 heavy (non-hydrogen) atoms. The van der Waals surface area contributed by atoms with Crippen LogP contribution < -0.4 is 5.73 Å². The maximum absolute atomic E-state index is 12.9. The van der Waals surface area contributed by atoms with Gasteiger partial charge in [0, 0.05) is 13.1 Å². The molecular weight excluding hydrogens is 230 g/mol. The number of hydrogen-bond donors (Lipinski definition) is 1. The Morgan fingerprint density at radius 3 is 2.59 bits per heavy atom. The molecule has 1 aliphatic rings. The lowest BCUT2D eigenvalue weighted by molar-refractivity contribution is -0.159. The number of alkyl halides is 2. The zero-order chi connectivity index (χ0) is 13.3. The quantitative estimate of drug-likeness (QED) is 0.735. The predicted octanol–water partition coefficient (Wildman–Crippen LogP) is 0.854. The first kappa shape index (κ1) is 14.3. The van der Waals surface area contributed by atoms with Gasteiger partial charge in [-0.2, -0.15) is 8.78 Å². The van der Waals surface area contributed by atoms with Gasteiger partial charge in [0.1, 0.15) is 6.10 Å². The van der Waals surface area contributed by atoms with Gasteiger partial charge < -0.3 is 15.4 Å². The number of esters is 1.